The summed E-state index contributed by atoms with van der Waals surface area (Å²) < 4.78 is 5.21. The van der Waals surface area contributed by atoms with E-state index in [0.29, 0.717) is 23.8 Å². The first-order valence-electron chi connectivity index (χ1n) is 6.85. The number of carbonyl (C=O) groups is 1. The van der Waals surface area contributed by atoms with E-state index < -0.39 is 5.54 Å². The van der Waals surface area contributed by atoms with Crippen LogP contribution >= 0.6 is 0 Å². The highest BCUT2D eigenvalue weighted by molar-refractivity contribution is 5.98. The van der Waals surface area contributed by atoms with Gasteiger partial charge in [-0.05, 0) is 38.5 Å². The number of rotatable bonds is 4. The molecule has 1 aromatic carbocycles. The molecular weight excluding hydrogens is 268 g/mol. The summed E-state index contributed by atoms with van der Waals surface area (Å²) in [6.45, 7) is 7.19. The molecule has 0 fully saturated rings. The molecule has 0 aliphatic heterocycles. The van der Waals surface area contributed by atoms with E-state index in [1.165, 1.54) is 0 Å². The number of hydrogen-bond acceptors (Lipinski definition) is 5. The van der Waals surface area contributed by atoms with E-state index in [4.69, 9.17) is 10.3 Å². The van der Waals surface area contributed by atoms with Gasteiger partial charge in [-0.3, -0.25) is 4.79 Å². The van der Waals surface area contributed by atoms with Crippen LogP contribution in [0.2, 0.25) is 0 Å². The van der Waals surface area contributed by atoms with E-state index in [9.17, 15) is 4.79 Å². The molecule has 3 N–H and O–H groups in total. The number of amides is 1. The van der Waals surface area contributed by atoms with Gasteiger partial charge in [0, 0.05) is 17.7 Å². The molecule has 1 heterocycles. The van der Waals surface area contributed by atoms with Crippen LogP contribution in [0.4, 0.5) is 5.69 Å². The molecule has 6 heteroatoms. The number of anilines is 1. The van der Waals surface area contributed by atoms with Gasteiger partial charge in [0.2, 0.25) is 5.91 Å². The maximum atomic E-state index is 12.0. The van der Waals surface area contributed by atoms with Gasteiger partial charge >= 0.3 is 0 Å². The van der Waals surface area contributed by atoms with Crippen molar-refractivity contribution in [2.45, 2.75) is 39.7 Å². The van der Waals surface area contributed by atoms with Crippen LogP contribution in [0, 0.1) is 6.92 Å². The highest BCUT2D eigenvalue weighted by Gasteiger charge is 2.22. The van der Waals surface area contributed by atoms with Gasteiger partial charge in [0.1, 0.15) is 0 Å². The molecule has 0 spiro atoms. The second-order valence-corrected chi connectivity index (χ2v) is 5.57. The van der Waals surface area contributed by atoms with Crippen molar-refractivity contribution in [2.75, 3.05) is 5.32 Å². The fourth-order valence-electron chi connectivity index (χ4n) is 1.69. The van der Waals surface area contributed by atoms with Gasteiger partial charge < -0.3 is 15.6 Å². The molecule has 112 valence electrons. The summed E-state index contributed by atoms with van der Waals surface area (Å²) in [7, 11) is 0. The quantitative estimate of drug-likeness (QED) is 0.900. The van der Waals surface area contributed by atoms with Gasteiger partial charge in [0.05, 0.1) is 5.54 Å². The maximum absolute atomic E-state index is 12.0. The average Bonchev–Trinajstić information content (AvgIpc) is 2.89. The highest BCUT2D eigenvalue weighted by Crippen LogP contribution is 2.25. The zero-order valence-electron chi connectivity index (χ0n) is 12.7. The van der Waals surface area contributed by atoms with Crippen molar-refractivity contribution in [3.8, 4) is 11.5 Å². The van der Waals surface area contributed by atoms with Crippen LogP contribution in [0.3, 0.4) is 0 Å². The molecule has 0 unspecified atom stereocenters. The largest absolute Gasteiger partial charge is 0.334 e. The Bertz CT molecular complexity index is 656. The number of nitrogens with two attached hydrogens (primary N) is 1. The topological polar surface area (TPSA) is 94.0 Å². The Kier molecular flexibility index (Phi) is 4.09. The number of aromatic nitrogens is 2. The first-order chi connectivity index (χ1) is 9.81. The van der Waals surface area contributed by atoms with Gasteiger partial charge in [-0.15, -0.1) is 0 Å². The summed E-state index contributed by atoms with van der Waals surface area (Å²) in [4.78, 5) is 16.3. The number of benzene rings is 1. The zero-order valence-corrected chi connectivity index (χ0v) is 12.7. The molecule has 21 heavy (non-hydrogen) atoms. The summed E-state index contributed by atoms with van der Waals surface area (Å²) in [5, 5.41) is 6.70. The van der Waals surface area contributed by atoms with Crippen LogP contribution in [0.15, 0.2) is 22.7 Å². The molecular formula is C15H20N4O2. The van der Waals surface area contributed by atoms with Gasteiger partial charge in [-0.2, -0.15) is 4.98 Å². The predicted octanol–water partition coefficient (Wildman–Crippen LogP) is 2.28. The lowest BCUT2D eigenvalue weighted by Crippen LogP contribution is -2.45. The van der Waals surface area contributed by atoms with Crippen LogP contribution in [0.5, 0.6) is 0 Å². The molecule has 0 saturated carbocycles. The Hall–Kier alpha value is -2.21. The van der Waals surface area contributed by atoms with Gasteiger partial charge in [-0.1, -0.05) is 18.1 Å². The third-order valence-electron chi connectivity index (χ3n) is 3.10. The third-order valence-corrected chi connectivity index (χ3v) is 3.10. The lowest BCUT2D eigenvalue weighted by atomic mass is 10.0. The van der Waals surface area contributed by atoms with Crippen molar-refractivity contribution in [1.82, 2.24) is 10.1 Å². The summed E-state index contributed by atoms with van der Waals surface area (Å²) in [5.41, 5.74) is 7.24. The van der Waals surface area contributed by atoms with Crippen molar-refractivity contribution in [3.63, 3.8) is 0 Å². The molecule has 2 aromatic rings. The average molecular weight is 288 g/mol. The van der Waals surface area contributed by atoms with E-state index >= 15 is 0 Å². The highest BCUT2D eigenvalue weighted by atomic mass is 16.5. The molecule has 1 aromatic heterocycles. The number of nitrogens with zero attached hydrogens (tertiary/aromatic N) is 2. The molecule has 0 radical (unpaired) electrons. The Morgan fingerprint density at radius 3 is 2.71 bits per heavy atom. The second-order valence-electron chi connectivity index (χ2n) is 5.57. The van der Waals surface area contributed by atoms with E-state index in [2.05, 4.69) is 15.5 Å². The van der Waals surface area contributed by atoms with Crippen molar-refractivity contribution < 1.29 is 9.32 Å². The molecule has 0 saturated heterocycles. The Morgan fingerprint density at radius 1 is 1.43 bits per heavy atom. The monoisotopic (exact) mass is 288 g/mol. The molecule has 0 aliphatic rings. The third kappa shape index (κ3) is 3.46. The summed E-state index contributed by atoms with van der Waals surface area (Å²) in [6.07, 6.45) is 0.709. The molecule has 0 aliphatic carbocycles. The van der Waals surface area contributed by atoms with Gasteiger partial charge in [-0.25, -0.2) is 0 Å². The molecule has 0 atom stereocenters. The van der Waals surface area contributed by atoms with Crippen molar-refractivity contribution >= 4 is 11.6 Å². The Balaban J connectivity index is 2.31. The van der Waals surface area contributed by atoms with Gasteiger partial charge in [0.15, 0.2) is 5.82 Å². The minimum atomic E-state index is -0.942. The minimum absolute atomic E-state index is 0.248. The molecule has 0 bridgehead atoms. The lowest BCUT2D eigenvalue weighted by Gasteiger charge is -2.19. The second kappa shape index (κ2) is 5.65. The number of hydrogen-bond donors (Lipinski definition) is 2. The number of carbonyl (C=O) groups excluding carboxylic acids is 1. The Morgan fingerprint density at radius 2 is 2.14 bits per heavy atom. The van der Waals surface area contributed by atoms with Crippen molar-refractivity contribution in [2.24, 2.45) is 5.73 Å². The van der Waals surface area contributed by atoms with E-state index in [-0.39, 0.29) is 5.91 Å². The van der Waals surface area contributed by atoms with Crippen LogP contribution in [-0.4, -0.2) is 21.6 Å². The van der Waals surface area contributed by atoms with E-state index in [0.717, 1.165) is 11.1 Å². The van der Waals surface area contributed by atoms with Crippen LogP contribution < -0.4 is 11.1 Å². The van der Waals surface area contributed by atoms with E-state index in [1.807, 2.05) is 32.0 Å². The predicted molar refractivity (Wildman–Crippen MR) is 80.7 cm³/mol. The van der Waals surface area contributed by atoms with Crippen molar-refractivity contribution in [3.05, 3.63) is 29.6 Å². The van der Waals surface area contributed by atoms with E-state index in [1.54, 1.807) is 13.8 Å². The number of aryl methyl sites for hydroxylation is 2. The SMILES string of the molecule is CCc1noc(-c2ccc(C)c(NC(=O)C(C)(C)N)c2)n1. The number of nitrogens with one attached hydrogen (secondary N) is 1. The van der Waals surface area contributed by atoms with Crippen molar-refractivity contribution in [1.29, 1.82) is 0 Å². The first kappa shape index (κ1) is 15.2. The first-order valence-corrected chi connectivity index (χ1v) is 6.85. The smallest absolute Gasteiger partial charge is 0.257 e. The van der Waals surface area contributed by atoms with Crippen LogP contribution in [0.1, 0.15) is 32.2 Å². The Labute approximate surface area is 123 Å². The zero-order chi connectivity index (χ0) is 15.6. The van der Waals surface area contributed by atoms with Crippen LogP contribution in [-0.2, 0) is 11.2 Å². The summed E-state index contributed by atoms with van der Waals surface area (Å²) in [6, 6.07) is 5.59. The fourth-order valence-corrected chi connectivity index (χ4v) is 1.69. The van der Waals surface area contributed by atoms with Gasteiger partial charge in [0.25, 0.3) is 5.89 Å². The normalized spacial score (nSPS) is 11.5. The molecule has 2 rings (SSSR count). The maximum Gasteiger partial charge on any atom is 0.257 e. The fraction of sp³-hybridized carbons (Fsp3) is 0.400. The summed E-state index contributed by atoms with van der Waals surface area (Å²) in [5.74, 6) is 0.844. The molecule has 1 amide bonds. The summed E-state index contributed by atoms with van der Waals surface area (Å²) >= 11 is 0. The lowest BCUT2D eigenvalue weighted by molar-refractivity contribution is -0.120. The minimum Gasteiger partial charge on any atom is -0.334 e. The molecule has 6 nitrogen and oxygen atoms in total. The van der Waals surface area contributed by atoms with Crippen LogP contribution in [0.25, 0.3) is 11.5 Å². The standard InChI is InChI=1S/C15H20N4O2/c1-5-12-18-13(21-19-12)10-7-6-9(2)11(8-10)17-14(20)15(3,4)16/h6-8H,5,16H2,1-4H3,(H,17,20).